The molecule has 0 bridgehead atoms. The SMILES string of the molecule is Cc1nc(N)oc1-c1ccc(C(F)(F)F)cc1. The molecule has 2 N–H and O–H groups in total. The largest absolute Gasteiger partial charge is 0.423 e. The van der Waals surface area contributed by atoms with Gasteiger partial charge in [-0.05, 0) is 19.1 Å². The first-order valence-corrected chi connectivity index (χ1v) is 4.78. The molecular formula is C11H9F3N2O. The first-order chi connectivity index (χ1) is 7.88. The van der Waals surface area contributed by atoms with Gasteiger partial charge in [-0.25, -0.2) is 0 Å². The van der Waals surface area contributed by atoms with Crippen LogP contribution in [0.5, 0.6) is 0 Å². The van der Waals surface area contributed by atoms with E-state index in [4.69, 9.17) is 10.2 Å². The van der Waals surface area contributed by atoms with Gasteiger partial charge in [-0.2, -0.15) is 18.2 Å². The molecule has 0 amide bonds. The topological polar surface area (TPSA) is 52.0 Å². The first-order valence-electron chi connectivity index (χ1n) is 4.78. The fraction of sp³-hybridized carbons (Fsp3) is 0.182. The van der Waals surface area contributed by atoms with Crippen molar-refractivity contribution in [1.82, 2.24) is 4.98 Å². The summed E-state index contributed by atoms with van der Waals surface area (Å²) in [4.78, 5) is 3.85. The summed E-state index contributed by atoms with van der Waals surface area (Å²) in [6.07, 6.45) is -4.34. The predicted octanol–water partition coefficient (Wildman–Crippen LogP) is 3.25. The van der Waals surface area contributed by atoms with Crippen LogP contribution in [-0.4, -0.2) is 4.98 Å². The van der Waals surface area contributed by atoms with Gasteiger partial charge in [-0.15, -0.1) is 0 Å². The van der Waals surface area contributed by atoms with Crippen LogP contribution in [0.1, 0.15) is 11.3 Å². The maximum absolute atomic E-state index is 12.3. The minimum absolute atomic E-state index is 0.00241. The molecule has 90 valence electrons. The third kappa shape index (κ3) is 2.25. The highest BCUT2D eigenvalue weighted by atomic mass is 19.4. The molecule has 0 aliphatic rings. The van der Waals surface area contributed by atoms with Crippen LogP contribution in [0.3, 0.4) is 0 Å². The van der Waals surface area contributed by atoms with Crippen molar-refractivity contribution in [2.75, 3.05) is 5.73 Å². The number of nitrogens with two attached hydrogens (primary N) is 1. The zero-order chi connectivity index (χ0) is 12.6. The zero-order valence-corrected chi connectivity index (χ0v) is 8.88. The molecule has 0 saturated heterocycles. The number of benzene rings is 1. The maximum Gasteiger partial charge on any atom is 0.416 e. The second kappa shape index (κ2) is 3.80. The van der Waals surface area contributed by atoms with Crippen molar-refractivity contribution in [2.45, 2.75) is 13.1 Å². The molecule has 0 radical (unpaired) electrons. The van der Waals surface area contributed by atoms with Crippen molar-refractivity contribution in [3.8, 4) is 11.3 Å². The minimum Gasteiger partial charge on any atom is -0.423 e. The third-order valence-corrected chi connectivity index (χ3v) is 2.29. The van der Waals surface area contributed by atoms with Crippen LogP contribution in [-0.2, 0) is 6.18 Å². The fourth-order valence-corrected chi connectivity index (χ4v) is 1.50. The first kappa shape index (κ1) is 11.5. The van der Waals surface area contributed by atoms with Gasteiger partial charge in [-0.3, -0.25) is 0 Å². The number of aryl methyl sites for hydroxylation is 1. The number of halogens is 3. The van der Waals surface area contributed by atoms with Crippen LogP contribution in [0.2, 0.25) is 0 Å². The van der Waals surface area contributed by atoms with Gasteiger partial charge in [0, 0.05) is 5.56 Å². The van der Waals surface area contributed by atoms with E-state index < -0.39 is 11.7 Å². The van der Waals surface area contributed by atoms with Crippen molar-refractivity contribution in [1.29, 1.82) is 0 Å². The summed E-state index contributed by atoms with van der Waals surface area (Å²) in [5.74, 6) is 0.385. The molecule has 2 aromatic rings. The van der Waals surface area contributed by atoms with Gasteiger partial charge >= 0.3 is 6.18 Å². The van der Waals surface area contributed by atoms with E-state index in [1.54, 1.807) is 6.92 Å². The Labute approximate surface area is 95.1 Å². The lowest BCUT2D eigenvalue weighted by atomic mass is 10.1. The maximum atomic E-state index is 12.3. The number of alkyl halides is 3. The quantitative estimate of drug-likeness (QED) is 0.835. The molecular weight excluding hydrogens is 233 g/mol. The number of rotatable bonds is 1. The lowest BCUT2D eigenvalue weighted by Crippen LogP contribution is -2.03. The molecule has 0 aliphatic heterocycles. The van der Waals surface area contributed by atoms with E-state index in [1.165, 1.54) is 12.1 Å². The normalized spacial score (nSPS) is 11.8. The summed E-state index contributed by atoms with van der Waals surface area (Å²) >= 11 is 0. The van der Waals surface area contributed by atoms with Gasteiger partial charge in [0.05, 0.1) is 11.3 Å². The highest BCUT2D eigenvalue weighted by molar-refractivity contribution is 5.61. The van der Waals surface area contributed by atoms with Gasteiger partial charge in [0.25, 0.3) is 6.01 Å². The number of nitrogens with zero attached hydrogens (tertiary/aromatic N) is 1. The molecule has 0 spiro atoms. The van der Waals surface area contributed by atoms with Crippen LogP contribution in [0.4, 0.5) is 19.2 Å². The Morgan fingerprint density at radius 3 is 2.18 bits per heavy atom. The molecule has 0 fully saturated rings. The van der Waals surface area contributed by atoms with Gasteiger partial charge in [-0.1, -0.05) is 12.1 Å². The summed E-state index contributed by atoms with van der Waals surface area (Å²) < 4.78 is 42.2. The van der Waals surface area contributed by atoms with Gasteiger partial charge in [0.15, 0.2) is 5.76 Å². The molecule has 0 atom stereocenters. The van der Waals surface area contributed by atoms with Crippen LogP contribution in [0, 0.1) is 6.92 Å². The van der Waals surface area contributed by atoms with Gasteiger partial charge in [0.1, 0.15) is 0 Å². The monoisotopic (exact) mass is 242 g/mol. The highest BCUT2D eigenvalue weighted by Gasteiger charge is 2.30. The molecule has 0 saturated carbocycles. The van der Waals surface area contributed by atoms with Crippen LogP contribution in [0.15, 0.2) is 28.7 Å². The molecule has 1 aromatic carbocycles. The van der Waals surface area contributed by atoms with Gasteiger partial charge in [0.2, 0.25) is 0 Å². The zero-order valence-electron chi connectivity index (χ0n) is 8.88. The van der Waals surface area contributed by atoms with Crippen molar-refractivity contribution in [2.24, 2.45) is 0 Å². The summed E-state index contributed by atoms with van der Waals surface area (Å²) in [6, 6.07) is 4.64. The second-order valence-corrected chi connectivity index (χ2v) is 3.54. The van der Waals surface area contributed by atoms with E-state index in [9.17, 15) is 13.2 Å². The number of hydrogen-bond donors (Lipinski definition) is 1. The molecule has 17 heavy (non-hydrogen) atoms. The van der Waals surface area contributed by atoms with Crippen molar-refractivity contribution < 1.29 is 17.6 Å². The van der Waals surface area contributed by atoms with Crippen LogP contribution in [0.25, 0.3) is 11.3 Å². The van der Waals surface area contributed by atoms with E-state index in [2.05, 4.69) is 4.98 Å². The molecule has 3 nitrogen and oxygen atoms in total. The average molecular weight is 242 g/mol. The van der Waals surface area contributed by atoms with Crippen LogP contribution >= 0.6 is 0 Å². The lowest BCUT2D eigenvalue weighted by molar-refractivity contribution is -0.137. The number of aromatic nitrogens is 1. The smallest absolute Gasteiger partial charge is 0.416 e. The molecule has 2 rings (SSSR count). The average Bonchev–Trinajstić information content (AvgIpc) is 2.57. The molecule has 0 aliphatic carbocycles. The minimum atomic E-state index is -4.34. The van der Waals surface area contributed by atoms with E-state index in [-0.39, 0.29) is 6.01 Å². The Balaban J connectivity index is 2.39. The van der Waals surface area contributed by atoms with E-state index in [1.807, 2.05) is 0 Å². The summed E-state index contributed by atoms with van der Waals surface area (Å²) in [5, 5.41) is 0. The van der Waals surface area contributed by atoms with Crippen LogP contribution < -0.4 is 5.73 Å². The predicted molar refractivity (Wildman–Crippen MR) is 56.1 cm³/mol. The summed E-state index contributed by atoms with van der Waals surface area (Å²) in [6.45, 7) is 1.67. The molecule has 6 heteroatoms. The van der Waals surface area contributed by atoms with Gasteiger partial charge < -0.3 is 10.2 Å². The summed E-state index contributed by atoms with van der Waals surface area (Å²) in [5.41, 5.74) is 5.71. The van der Waals surface area contributed by atoms with Crippen molar-refractivity contribution in [3.63, 3.8) is 0 Å². The highest BCUT2D eigenvalue weighted by Crippen LogP contribution is 2.32. The Morgan fingerprint density at radius 2 is 1.76 bits per heavy atom. The standard InChI is InChI=1S/C11H9F3N2O/c1-6-9(17-10(15)16-6)7-2-4-8(5-3-7)11(12,13)14/h2-5H,1H3,(H2,15,16). The number of hydrogen-bond acceptors (Lipinski definition) is 3. The number of anilines is 1. The summed E-state index contributed by atoms with van der Waals surface area (Å²) in [7, 11) is 0. The Morgan fingerprint density at radius 1 is 1.18 bits per heavy atom. The fourth-order valence-electron chi connectivity index (χ4n) is 1.50. The van der Waals surface area contributed by atoms with Crippen molar-refractivity contribution in [3.05, 3.63) is 35.5 Å². The third-order valence-electron chi connectivity index (χ3n) is 2.29. The molecule has 0 unspecified atom stereocenters. The lowest BCUT2D eigenvalue weighted by Gasteiger charge is -2.06. The number of oxazole rings is 1. The van der Waals surface area contributed by atoms with E-state index >= 15 is 0 Å². The molecule has 1 aromatic heterocycles. The number of nitrogen functional groups attached to an aromatic ring is 1. The second-order valence-electron chi connectivity index (χ2n) is 3.54. The Bertz CT molecular complexity index is 529. The molecule has 1 heterocycles. The Hall–Kier alpha value is -1.98. The van der Waals surface area contributed by atoms with E-state index in [0.717, 1.165) is 12.1 Å². The van der Waals surface area contributed by atoms with Crippen molar-refractivity contribution >= 4 is 6.01 Å². The van der Waals surface area contributed by atoms with E-state index in [0.29, 0.717) is 17.0 Å². The Kier molecular flexibility index (Phi) is 2.57.